The number of nitrogens with zero attached hydrogens (tertiary/aromatic N) is 1. The minimum absolute atomic E-state index is 0.0116. The molecule has 44 heavy (non-hydrogen) atoms. The topological polar surface area (TPSA) is 134 Å². The number of thioether (sulfide) groups is 1. The van der Waals surface area contributed by atoms with Crippen molar-refractivity contribution in [2.45, 2.75) is 90.6 Å². The van der Waals surface area contributed by atoms with Gasteiger partial charge >= 0.3 is 12.1 Å². The normalized spacial score (nSPS) is 13.6. The highest BCUT2D eigenvalue weighted by Crippen LogP contribution is 2.26. The number of nitrogens with one attached hydrogen (secondary N) is 2. The summed E-state index contributed by atoms with van der Waals surface area (Å²) in [5.74, 6) is -1.16. The van der Waals surface area contributed by atoms with Crippen molar-refractivity contribution < 1.29 is 33.8 Å². The molecule has 10 nitrogen and oxygen atoms in total. The van der Waals surface area contributed by atoms with E-state index in [9.17, 15) is 24.3 Å². The lowest BCUT2D eigenvalue weighted by Crippen LogP contribution is -2.55. The van der Waals surface area contributed by atoms with Crippen LogP contribution in [-0.4, -0.2) is 75.7 Å². The van der Waals surface area contributed by atoms with Gasteiger partial charge in [0, 0.05) is 13.0 Å². The second-order valence-corrected chi connectivity index (χ2v) is 13.4. The van der Waals surface area contributed by atoms with E-state index >= 15 is 0 Å². The van der Waals surface area contributed by atoms with Crippen LogP contribution < -0.4 is 10.6 Å². The molecule has 0 aromatic heterocycles. The van der Waals surface area contributed by atoms with Crippen LogP contribution in [-0.2, 0) is 30.3 Å². The number of carbonyl (C=O) groups excluding carboxylic acids is 4. The highest BCUT2D eigenvalue weighted by Gasteiger charge is 2.37. The van der Waals surface area contributed by atoms with Gasteiger partial charge in [0.05, 0.1) is 0 Å². The number of phenolic OH excluding ortho intramolecular Hbond substituents is 1. The number of aromatic hydroxyl groups is 1. The van der Waals surface area contributed by atoms with E-state index in [0.29, 0.717) is 17.7 Å². The summed E-state index contributed by atoms with van der Waals surface area (Å²) in [6.45, 7) is 12.3. The molecule has 242 valence electrons. The van der Waals surface area contributed by atoms with Crippen molar-refractivity contribution >= 4 is 35.6 Å². The average molecular weight is 630 g/mol. The average Bonchev–Trinajstić information content (AvgIpc) is 2.92. The molecule has 0 aliphatic heterocycles. The molecule has 3 atom stereocenters. The van der Waals surface area contributed by atoms with Gasteiger partial charge in [0.15, 0.2) is 0 Å². The van der Waals surface area contributed by atoms with Gasteiger partial charge in [0.25, 0.3) is 0 Å². The molecule has 0 heterocycles. The summed E-state index contributed by atoms with van der Waals surface area (Å²) >= 11 is 1.52. The number of esters is 1. The lowest BCUT2D eigenvalue weighted by atomic mass is 10.0. The van der Waals surface area contributed by atoms with E-state index < -0.39 is 53.2 Å². The molecule has 11 heteroatoms. The van der Waals surface area contributed by atoms with Gasteiger partial charge in [-0.2, -0.15) is 11.8 Å². The van der Waals surface area contributed by atoms with Gasteiger partial charge in [-0.05, 0) is 90.2 Å². The molecule has 0 aliphatic rings. The van der Waals surface area contributed by atoms with Crippen LogP contribution in [0.15, 0.2) is 54.6 Å². The molecule has 0 bridgehead atoms. The fourth-order valence-electron chi connectivity index (χ4n) is 4.40. The standard InChI is InChI=1S/C33H47N3O7S/c1-9-36(29(39)25(19-20-44-8)35-31(41)43-33(5,6)7)27(23-15-17-24(37)18-16-23)28(38)34-26(30(40)42-32(2,3)4)21-22-13-11-10-12-14-22/h10-18,25-27,37H,9,19-21H2,1-8H3,(H,34,38)(H,35,41). The molecule has 0 saturated carbocycles. The summed E-state index contributed by atoms with van der Waals surface area (Å²) in [6, 6.07) is 12.0. The summed E-state index contributed by atoms with van der Waals surface area (Å²) in [6.07, 6.45) is 1.61. The molecule has 2 aromatic rings. The van der Waals surface area contributed by atoms with Gasteiger partial charge in [0.1, 0.15) is 35.1 Å². The van der Waals surface area contributed by atoms with Crippen LogP contribution in [0.25, 0.3) is 0 Å². The Balaban J connectivity index is 2.50. The number of hydrogen-bond acceptors (Lipinski definition) is 8. The number of benzene rings is 2. The number of alkyl carbamates (subject to hydrolysis) is 1. The third-order valence-electron chi connectivity index (χ3n) is 6.28. The first-order valence-corrected chi connectivity index (χ1v) is 16.1. The van der Waals surface area contributed by atoms with E-state index in [4.69, 9.17) is 9.47 Å². The number of hydrogen-bond donors (Lipinski definition) is 3. The zero-order valence-electron chi connectivity index (χ0n) is 27.0. The Morgan fingerprint density at radius 3 is 1.98 bits per heavy atom. The molecule has 3 amide bonds. The molecule has 3 unspecified atom stereocenters. The summed E-state index contributed by atoms with van der Waals surface area (Å²) in [7, 11) is 0. The van der Waals surface area contributed by atoms with Crippen LogP contribution in [0.2, 0.25) is 0 Å². The van der Waals surface area contributed by atoms with Gasteiger partial charge in [-0.1, -0.05) is 42.5 Å². The maximum atomic E-state index is 14.2. The molecule has 0 radical (unpaired) electrons. The predicted molar refractivity (Wildman–Crippen MR) is 172 cm³/mol. The Morgan fingerprint density at radius 1 is 0.864 bits per heavy atom. The molecular weight excluding hydrogens is 582 g/mol. The van der Waals surface area contributed by atoms with Crippen LogP contribution in [0.4, 0.5) is 4.79 Å². The van der Waals surface area contributed by atoms with Gasteiger partial charge < -0.3 is 30.1 Å². The smallest absolute Gasteiger partial charge is 0.408 e. The van der Waals surface area contributed by atoms with E-state index in [1.54, 1.807) is 60.6 Å². The lowest BCUT2D eigenvalue weighted by Gasteiger charge is -2.34. The Morgan fingerprint density at radius 2 is 1.45 bits per heavy atom. The van der Waals surface area contributed by atoms with Crippen LogP contribution >= 0.6 is 11.8 Å². The third-order valence-corrected chi connectivity index (χ3v) is 6.93. The van der Waals surface area contributed by atoms with Gasteiger partial charge in [-0.15, -0.1) is 0 Å². The van der Waals surface area contributed by atoms with Crippen LogP contribution in [0.3, 0.4) is 0 Å². The first-order chi connectivity index (χ1) is 20.5. The molecule has 0 aliphatic carbocycles. The summed E-state index contributed by atoms with van der Waals surface area (Å²) in [5, 5.41) is 15.5. The van der Waals surface area contributed by atoms with Gasteiger partial charge in [-0.25, -0.2) is 9.59 Å². The van der Waals surface area contributed by atoms with E-state index in [0.717, 1.165) is 5.56 Å². The van der Waals surface area contributed by atoms with E-state index in [-0.39, 0.29) is 18.7 Å². The summed E-state index contributed by atoms with van der Waals surface area (Å²) in [4.78, 5) is 55.6. The maximum Gasteiger partial charge on any atom is 0.408 e. The molecule has 0 spiro atoms. The third kappa shape index (κ3) is 12.1. The highest BCUT2D eigenvalue weighted by molar-refractivity contribution is 7.98. The molecule has 0 fully saturated rings. The Bertz CT molecular complexity index is 1240. The van der Waals surface area contributed by atoms with Crippen molar-refractivity contribution in [3.63, 3.8) is 0 Å². The minimum atomic E-state index is -1.19. The Hall–Kier alpha value is -3.73. The zero-order chi connectivity index (χ0) is 33.1. The summed E-state index contributed by atoms with van der Waals surface area (Å²) in [5.41, 5.74) is -0.340. The lowest BCUT2D eigenvalue weighted by molar-refractivity contribution is -0.159. The van der Waals surface area contributed by atoms with Crippen molar-refractivity contribution in [3.8, 4) is 5.75 Å². The number of phenols is 1. The molecule has 2 aromatic carbocycles. The number of rotatable bonds is 13. The van der Waals surface area contributed by atoms with Crippen molar-refractivity contribution in [2.75, 3.05) is 18.6 Å². The fraction of sp³-hybridized carbons (Fsp3) is 0.515. The Kier molecular flexibility index (Phi) is 13.6. The van der Waals surface area contributed by atoms with Crippen LogP contribution in [0.5, 0.6) is 5.75 Å². The number of carbonyl (C=O) groups is 4. The van der Waals surface area contributed by atoms with E-state index in [1.807, 2.05) is 36.6 Å². The molecule has 0 saturated heterocycles. The molecule has 3 N–H and O–H groups in total. The molecular formula is C33H47N3O7S. The Labute approximate surface area is 265 Å². The maximum absolute atomic E-state index is 14.2. The van der Waals surface area contributed by atoms with Crippen LogP contribution in [0, 0.1) is 0 Å². The quantitative estimate of drug-likeness (QED) is 0.264. The van der Waals surface area contributed by atoms with Crippen LogP contribution in [0.1, 0.15) is 72.1 Å². The summed E-state index contributed by atoms with van der Waals surface area (Å²) < 4.78 is 11.1. The highest BCUT2D eigenvalue weighted by atomic mass is 32.2. The second kappa shape index (κ2) is 16.4. The minimum Gasteiger partial charge on any atom is -0.508 e. The molecule has 2 rings (SSSR count). The fourth-order valence-corrected chi connectivity index (χ4v) is 4.88. The van der Waals surface area contributed by atoms with Crippen molar-refractivity contribution in [1.82, 2.24) is 15.5 Å². The largest absolute Gasteiger partial charge is 0.508 e. The number of ether oxygens (including phenoxy) is 2. The van der Waals surface area contributed by atoms with Gasteiger partial charge in [-0.3, -0.25) is 9.59 Å². The van der Waals surface area contributed by atoms with Gasteiger partial charge in [0.2, 0.25) is 11.8 Å². The number of amides is 3. The van der Waals surface area contributed by atoms with Crippen molar-refractivity contribution in [3.05, 3.63) is 65.7 Å². The first-order valence-electron chi connectivity index (χ1n) is 14.7. The zero-order valence-corrected chi connectivity index (χ0v) is 27.8. The predicted octanol–water partition coefficient (Wildman–Crippen LogP) is 5.00. The second-order valence-electron chi connectivity index (χ2n) is 12.4. The first kappa shape index (κ1) is 36.5. The number of likely N-dealkylation sites (N-methyl/N-ethyl adjacent to an activating group) is 1. The van der Waals surface area contributed by atoms with Crippen molar-refractivity contribution in [1.29, 1.82) is 0 Å². The monoisotopic (exact) mass is 629 g/mol. The van der Waals surface area contributed by atoms with E-state index in [1.165, 1.54) is 28.8 Å². The SMILES string of the molecule is CCN(C(=O)C(CCSC)NC(=O)OC(C)(C)C)C(C(=O)NC(Cc1ccccc1)C(=O)OC(C)(C)C)c1ccc(O)cc1. The van der Waals surface area contributed by atoms with Crippen molar-refractivity contribution in [2.24, 2.45) is 0 Å². The van der Waals surface area contributed by atoms with E-state index in [2.05, 4.69) is 10.6 Å².